The lowest BCUT2D eigenvalue weighted by molar-refractivity contribution is -0.144. The number of esters is 1. The Morgan fingerprint density at radius 2 is 2.00 bits per heavy atom. The average Bonchev–Trinajstić information content (AvgIpc) is 2.90. The molecule has 3 heteroatoms. The molecule has 0 aromatic rings. The van der Waals surface area contributed by atoms with E-state index < -0.39 is 0 Å². The Bertz CT molecular complexity index is 582. The molecule has 0 unspecified atom stereocenters. The van der Waals surface area contributed by atoms with Gasteiger partial charge in [0.15, 0.2) is 0 Å². The summed E-state index contributed by atoms with van der Waals surface area (Å²) < 4.78 is 5.41. The van der Waals surface area contributed by atoms with Gasteiger partial charge in [0.2, 0.25) is 0 Å². The Labute approximate surface area is 152 Å². The van der Waals surface area contributed by atoms with Gasteiger partial charge in [-0.15, -0.1) is 0 Å². The molecular formula is C22H34O3. The monoisotopic (exact) mass is 346 g/mol. The van der Waals surface area contributed by atoms with E-state index in [0.717, 1.165) is 37.0 Å². The molecule has 0 radical (unpaired) electrons. The number of aliphatic hydroxyl groups is 1. The van der Waals surface area contributed by atoms with Crippen LogP contribution >= 0.6 is 0 Å². The zero-order chi connectivity index (χ0) is 17.8. The van der Waals surface area contributed by atoms with Crippen LogP contribution in [0.1, 0.15) is 72.1 Å². The molecule has 0 spiro atoms. The van der Waals surface area contributed by atoms with E-state index in [-0.39, 0.29) is 12.1 Å². The van der Waals surface area contributed by atoms with E-state index in [4.69, 9.17) is 4.74 Å². The molecule has 3 saturated carbocycles. The maximum absolute atomic E-state index is 11.3. The van der Waals surface area contributed by atoms with Crippen molar-refractivity contribution in [2.75, 3.05) is 6.61 Å². The minimum Gasteiger partial charge on any atom is -0.466 e. The summed E-state index contributed by atoms with van der Waals surface area (Å²) >= 11 is 0. The highest BCUT2D eigenvalue weighted by Crippen LogP contribution is 2.66. The summed E-state index contributed by atoms with van der Waals surface area (Å²) in [7, 11) is 0. The molecule has 0 heterocycles. The summed E-state index contributed by atoms with van der Waals surface area (Å²) in [5.41, 5.74) is 2.20. The fourth-order valence-corrected chi connectivity index (χ4v) is 7.24. The first-order valence-electron chi connectivity index (χ1n) is 10.4. The molecule has 3 fully saturated rings. The number of allylic oxidation sites excluding steroid dienone is 1. The third kappa shape index (κ3) is 2.69. The molecule has 0 bridgehead atoms. The van der Waals surface area contributed by atoms with Crippen LogP contribution in [0.5, 0.6) is 0 Å². The zero-order valence-electron chi connectivity index (χ0n) is 16.1. The first kappa shape index (κ1) is 17.6. The van der Waals surface area contributed by atoms with Gasteiger partial charge < -0.3 is 9.84 Å². The topological polar surface area (TPSA) is 46.5 Å². The second kappa shape index (κ2) is 6.11. The maximum Gasteiger partial charge on any atom is 0.302 e. The van der Waals surface area contributed by atoms with Crippen LogP contribution in [0.25, 0.3) is 0 Å². The molecule has 4 rings (SSSR count). The number of carbonyl (C=O) groups is 1. The van der Waals surface area contributed by atoms with E-state index in [1.165, 1.54) is 39.0 Å². The van der Waals surface area contributed by atoms with Crippen LogP contribution in [0.15, 0.2) is 11.6 Å². The Balaban J connectivity index is 1.56. The van der Waals surface area contributed by atoms with Crippen molar-refractivity contribution in [3.05, 3.63) is 11.6 Å². The number of hydrogen-bond acceptors (Lipinski definition) is 3. The van der Waals surface area contributed by atoms with Gasteiger partial charge in [0.25, 0.3) is 0 Å². The van der Waals surface area contributed by atoms with Crippen molar-refractivity contribution in [3.63, 3.8) is 0 Å². The standard InChI is InChI=1S/C22H34O3/c1-14(23)25-13-16-5-7-19-18-6-4-15-12-17(24)8-10-21(15,2)20(18)9-11-22(16,19)3/h4,16-20,24H,5-13H2,1-3H3/t16-,17-,18-,19+,20-,21-,22+/m0/s1. The fourth-order valence-electron chi connectivity index (χ4n) is 7.24. The zero-order valence-corrected chi connectivity index (χ0v) is 16.1. The third-order valence-corrected chi connectivity index (χ3v) is 8.76. The van der Waals surface area contributed by atoms with Gasteiger partial charge in [0.1, 0.15) is 0 Å². The highest BCUT2D eigenvalue weighted by Gasteiger charge is 2.58. The highest BCUT2D eigenvalue weighted by atomic mass is 16.5. The summed E-state index contributed by atoms with van der Waals surface area (Å²) in [5, 5.41) is 10.1. The van der Waals surface area contributed by atoms with Crippen molar-refractivity contribution < 1.29 is 14.6 Å². The Morgan fingerprint density at radius 1 is 1.20 bits per heavy atom. The molecule has 0 aromatic carbocycles. The molecule has 140 valence electrons. The molecule has 4 aliphatic carbocycles. The quantitative estimate of drug-likeness (QED) is 0.592. The predicted octanol–water partition coefficient (Wildman–Crippen LogP) is 4.49. The van der Waals surface area contributed by atoms with Crippen LogP contribution in [-0.4, -0.2) is 23.8 Å². The van der Waals surface area contributed by atoms with Crippen LogP contribution < -0.4 is 0 Å². The number of rotatable bonds is 2. The van der Waals surface area contributed by atoms with Gasteiger partial charge in [0, 0.05) is 6.92 Å². The molecule has 0 saturated heterocycles. The number of aliphatic hydroxyl groups excluding tert-OH is 1. The molecule has 4 aliphatic rings. The average molecular weight is 347 g/mol. The van der Waals surface area contributed by atoms with Crippen molar-refractivity contribution in [1.82, 2.24) is 0 Å². The Morgan fingerprint density at radius 3 is 2.76 bits per heavy atom. The second-order valence-electron chi connectivity index (χ2n) is 9.78. The highest BCUT2D eigenvalue weighted by molar-refractivity contribution is 5.65. The number of ether oxygens (including phenoxy) is 1. The van der Waals surface area contributed by atoms with Gasteiger partial charge in [-0.2, -0.15) is 0 Å². The van der Waals surface area contributed by atoms with Crippen molar-refractivity contribution in [2.45, 2.75) is 78.2 Å². The fraction of sp³-hybridized carbons (Fsp3) is 0.864. The van der Waals surface area contributed by atoms with Gasteiger partial charge in [-0.25, -0.2) is 0 Å². The molecule has 1 N–H and O–H groups in total. The second-order valence-corrected chi connectivity index (χ2v) is 9.78. The number of fused-ring (bicyclic) bond motifs is 5. The van der Waals surface area contributed by atoms with E-state index in [2.05, 4.69) is 19.9 Å². The summed E-state index contributed by atoms with van der Waals surface area (Å²) in [6.07, 6.45) is 11.7. The van der Waals surface area contributed by atoms with Crippen LogP contribution in [0.3, 0.4) is 0 Å². The molecule has 7 atom stereocenters. The van der Waals surface area contributed by atoms with E-state index in [1.54, 1.807) is 5.57 Å². The number of hydrogen-bond donors (Lipinski definition) is 1. The molecule has 0 aromatic heterocycles. The molecule has 3 nitrogen and oxygen atoms in total. The molecule has 25 heavy (non-hydrogen) atoms. The maximum atomic E-state index is 11.3. The van der Waals surface area contributed by atoms with Crippen molar-refractivity contribution in [3.8, 4) is 0 Å². The molecule has 0 aliphatic heterocycles. The third-order valence-electron chi connectivity index (χ3n) is 8.76. The largest absolute Gasteiger partial charge is 0.466 e. The van der Waals surface area contributed by atoms with Crippen LogP contribution in [0, 0.1) is 34.5 Å². The minimum atomic E-state index is -0.140. The van der Waals surface area contributed by atoms with Gasteiger partial charge >= 0.3 is 5.97 Å². The van der Waals surface area contributed by atoms with E-state index in [9.17, 15) is 9.90 Å². The van der Waals surface area contributed by atoms with E-state index in [0.29, 0.717) is 23.4 Å². The van der Waals surface area contributed by atoms with E-state index >= 15 is 0 Å². The van der Waals surface area contributed by atoms with E-state index in [1.807, 2.05) is 0 Å². The van der Waals surface area contributed by atoms with Crippen LogP contribution in [-0.2, 0) is 9.53 Å². The smallest absolute Gasteiger partial charge is 0.302 e. The van der Waals surface area contributed by atoms with Crippen LogP contribution in [0.2, 0.25) is 0 Å². The first-order valence-corrected chi connectivity index (χ1v) is 10.4. The first-order chi connectivity index (χ1) is 11.8. The summed E-state index contributed by atoms with van der Waals surface area (Å²) in [5.74, 6) is 2.73. The van der Waals surface area contributed by atoms with Gasteiger partial charge in [-0.1, -0.05) is 25.5 Å². The number of carbonyl (C=O) groups excluding carboxylic acids is 1. The van der Waals surface area contributed by atoms with Crippen LogP contribution in [0.4, 0.5) is 0 Å². The van der Waals surface area contributed by atoms with Gasteiger partial charge in [-0.3, -0.25) is 4.79 Å². The summed E-state index contributed by atoms with van der Waals surface area (Å²) in [4.78, 5) is 11.3. The predicted molar refractivity (Wildman–Crippen MR) is 97.8 cm³/mol. The van der Waals surface area contributed by atoms with Crippen molar-refractivity contribution in [1.29, 1.82) is 0 Å². The minimum absolute atomic E-state index is 0.121. The summed E-state index contributed by atoms with van der Waals surface area (Å²) in [6, 6.07) is 0. The lowest BCUT2D eigenvalue weighted by atomic mass is 9.47. The van der Waals surface area contributed by atoms with Crippen molar-refractivity contribution in [2.24, 2.45) is 34.5 Å². The molecular weight excluding hydrogens is 312 g/mol. The normalized spacial score (nSPS) is 48.8. The lowest BCUT2D eigenvalue weighted by Crippen LogP contribution is -2.50. The Kier molecular flexibility index (Phi) is 4.30. The van der Waals surface area contributed by atoms with Crippen molar-refractivity contribution >= 4 is 5.97 Å². The SMILES string of the molecule is CC(=O)OC[C@@H]1CC[C@@H]2[C@@H]3CC=C4C[C@@H](O)CC[C@]4(C)[C@H]3CC[C@]12C. The summed E-state index contributed by atoms with van der Waals surface area (Å²) in [6.45, 7) is 7.10. The van der Waals surface area contributed by atoms with Gasteiger partial charge in [0.05, 0.1) is 12.7 Å². The lowest BCUT2D eigenvalue weighted by Gasteiger charge is -2.58. The Hall–Kier alpha value is -0.830. The molecule has 0 amide bonds. The van der Waals surface area contributed by atoms with Gasteiger partial charge in [-0.05, 0) is 85.9 Å².